The van der Waals surface area contributed by atoms with Crippen molar-refractivity contribution in [2.24, 2.45) is 0 Å². The highest BCUT2D eigenvalue weighted by Crippen LogP contribution is 2.18. The predicted molar refractivity (Wildman–Crippen MR) is 106 cm³/mol. The van der Waals surface area contributed by atoms with Crippen LogP contribution >= 0.6 is 15.9 Å². The van der Waals surface area contributed by atoms with Gasteiger partial charge in [0.25, 0.3) is 0 Å². The molecule has 0 unspecified atom stereocenters. The third-order valence-electron chi connectivity index (χ3n) is 4.43. The number of ether oxygens (including phenoxy) is 1. The average Bonchev–Trinajstić information content (AvgIpc) is 3.09. The smallest absolute Gasteiger partial charge is 0.185 e. The van der Waals surface area contributed by atoms with E-state index in [1.54, 1.807) is 18.3 Å². The number of morpholine rings is 1. The van der Waals surface area contributed by atoms with Gasteiger partial charge < -0.3 is 9.64 Å². The molecule has 0 radical (unpaired) electrons. The Bertz CT molecular complexity index is 957. The maximum Gasteiger partial charge on any atom is 0.185 e. The highest BCUT2D eigenvalue weighted by Gasteiger charge is 2.11. The van der Waals surface area contributed by atoms with Crippen LogP contribution in [0.1, 0.15) is 16.1 Å². The zero-order valence-corrected chi connectivity index (χ0v) is 15.7. The summed E-state index contributed by atoms with van der Waals surface area (Å²) in [4.78, 5) is 19.1. The number of fused-ring (bicyclic) bond motifs is 1. The van der Waals surface area contributed by atoms with Crippen molar-refractivity contribution in [3.8, 4) is 0 Å². The number of carbonyl (C=O) groups excluding carboxylic acids is 1. The highest BCUT2D eigenvalue weighted by atomic mass is 79.9. The van der Waals surface area contributed by atoms with E-state index in [1.807, 2.05) is 47.0 Å². The summed E-state index contributed by atoms with van der Waals surface area (Å²) in [5, 5.41) is 0. The van der Waals surface area contributed by atoms with Crippen molar-refractivity contribution in [2.75, 3.05) is 31.2 Å². The Kier molecular flexibility index (Phi) is 4.86. The van der Waals surface area contributed by atoms with Crippen LogP contribution in [0.2, 0.25) is 0 Å². The summed E-state index contributed by atoms with van der Waals surface area (Å²) in [7, 11) is 0. The number of allylic oxidation sites excluding steroid dienone is 1. The molecule has 0 bridgehead atoms. The number of benzene rings is 1. The van der Waals surface area contributed by atoms with Crippen molar-refractivity contribution in [3.05, 3.63) is 70.6 Å². The SMILES string of the molecule is O=C(/C=C/c1cnc2ccc(Br)cn12)c1ccc(N2CCOCC2)cc1. The van der Waals surface area contributed by atoms with Gasteiger partial charge >= 0.3 is 0 Å². The Morgan fingerprint density at radius 1 is 1.12 bits per heavy atom. The van der Waals surface area contributed by atoms with E-state index in [0.717, 1.165) is 47.8 Å². The van der Waals surface area contributed by atoms with Crippen molar-refractivity contribution in [1.29, 1.82) is 0 Å². The van der Waals surface area contributed by atoms with E-state index >= 15 is 0 Å². The number of pyridine rings is 1. The van der Waals surface area contributed by atoms with Gasteiger partial charge in [0.05, 0.1) is 25.1 Å². The first-order chi connectivity index (χ1) is 12.7. The Labute approximate surface area is 160 Å². The number of anilines is 1. The molecular weight excluding hydrogens is 394 g/mol. The van der Waals surface area contributed by atoms with Gasteiger partial charge in [0, 0.05) is 35.0 Å². The average molecular weight is 412 g/mol. The molecule has 1 aromatic carbocycles. The molecule has 26 heavy (non-hydrogen) atoms. The molecule has 1 fully saturated rings. The second-order valence-electron chi connectivity index (χ2n) is 6.10. The molecular formula is C20H18BrN3O2. The number of aromatic nitrogens is 2. The quantitative estimate of drug-likeness (QED) is 0.483. The van der Waals surface area contributed by atoms with E-state index in [1.165, 1.54) is 0 Å². The lowest BCUT2D eigenvalue weighted by Crippen LogP contribution is -2.36. The first kappa shape index (κ1) is 17.0. The first-order valence-corrected chi connectivity index (χ1v) is 9.28. The lowest BCUT2D eigenvalue weighted by molar-refractivity contribution is 0.104. The summed E-state index contributed by atoms with van der Waals surface area (Å²) in [6.45, 7) is 3.27. The summed E-state index contributed by atoms with van der Waals surface area (Å²) >= 11 is 3.46. The molecule has 5 nitrogen and oxygen atoms in total. The van der Waals surface area contributed by atoms with E-state index in [-0.39, 0.29) is 5.78 Å². The third-order valence-corrected chi connectivity index (χ3v) is 4.90. The minimum Gasteiger partial charge on any atom is -0.378 e. The Balaban J connectivity index is 1.50. The van der Waals surface area contributed by atoms with Crippen molar-refractivity contribution in [3.63, 3.8) is 0 Å². The Hall–Kier alpha value is -2.44. The maximum atomic E-state index is 12.5. The number of hydrogen-bond acceptors (Lipinski definition) is 4. The molecule has 1 aliphatic heterocycles. The molecule has 3 aromatic rings. The third kappa shape index (κ3) is 3.57. The Morgan fingerprint density at radius 2 is 1.88 bits per heavy atom. The molecule has 0 saturated carbocycles. The van der Waals surface area contributed by atoms with Crippen LogP contribution in [-0.2, 0) is 4.74 Å². The topological polar surface area (TPSA) is 46.8 Å². The summed E-state index contributed by atoms with van der Waals surface area (Å²) < 4.78 is 8.27. The number of halogens is 1. The monoisotopic (exact) mass is 411 g/mol. The molecule has 6 heteroatoms. The van der Waals surface area contributed by atoms with Gasteiger partial charge in [-0.2, -0.15) is 0 Å². The lowest BCUT2D eigenvalue weighted by Gasteiger charge is -2.28. The minimum atomic E-state index is -0.0246. The van der Waals surface area contributed by atoms with Crippen molar-refractivity contribution in [2.45, 2.75) is 0 Å². The van der Waals surface area contributed by atoms with Crippen LogP contribution in [0, 0.1) is 0 Å². The van der Waals surface area contributed by atoms with E-state index in [0.29, 0.717) is 5.56 Å². The zero-order chi connectivity index (χ0) is 17.9. The molecule has 1 saturated heterocycles. The Morgan fingerprint density at radius 3 is 2.65 bits per heavy atom. The number of hydrogen-bond donors (Lipinski definition) is 0. The number of ketones is 1. The standard InChI is InChI=1S/C20H18BrN3O2/c21-16-3-8-20-22-13-18(24(20)14-16)6-7-19(25)15-1-4-17(5-2-15)23-9-11-26-12-10-23/h1-8,13-14H,9-12H2/b7-6+. The molecule has 0 amide bonds. The predicted octanol–water partition coefficient (Wildman–Crippen LogP) is 3.83. The lowest BCUT2D eigenvalue weighted by atomic mass is 10.1. The number of nitrogens with zero attached hydrogens (tertiary/aromatic N) is 3. The summed E-state index contributed by atoms with van der Waals surface area (Å²) in [5.74, 6) is -0.0246. The van der Waals surface area contributed by atoms with Gasteiger partial charge in [-0.15, -0.1) is 0 Å². The van der Waals surface area contributed by atoms with Crippen LogP contribution in [0.5, 0.6) is 0 Å². The molecule has 132 valence electrons. The first-order valence-electron chi connectivity index (χ1n) is 8.48. The van der Waals surface area contributed by atoms with Gasteiger partial charge in [-0.05, 0) is 64.5 Å². The van der Waals surface area contributed by atoms with Crippen LogP contribution in [0.3, 0.4) is 0 Å². The van der Waals surface area contributed by atoms with Crippen LogP contribution in [0.15, 0.2) is 59.3 Å². The summed E-state index contributed by atoms with van der Waals surface area (Å²) in [6.07, 6.45) is 7.08. The molecule has 0 atom stereocenters. The van der Waals surface area contributed by atoms with Gasteiger partial charge in [0.1, 0.15) is 5.65 Å². The zero-order valence-electron chi connectivity index (χ0n) is 14.1. The molecule has 0 N–H and O–H groups in total. The molecule has 4 rings (SSSR count). The van der Waals surface area contributed by atoms with Crippen molar-refractivity contribution in [1.82, 2.24) is 9.38 Å². The summed E-state index contributed by atoms with van der Waals surface area (Å²) in [6, 6.07) is 11.6. The van der Waals surface area contributed by atoms with E-state index in [4.69, 9.17) is 4.74 Å². The molecule has 1 aliphatic rings. The van der Waals surface area contributed by atoms with Gasteiger partial charge in [0.15, 0.2) is 5.78 Å². The number of carbonyl (C=O) groups is 1. The second-order valence-corrected chi connectivity index (χ2v) is 7.02. The fourth-order valence-corrected chi connectivity index (χ4v) is 3.35. The van der Waals surface area contributed by atoms with E-state index < -0.39 is 0 Å². The number of imidazole rings is 1. The van der Waals surface area contributed by atoms with Crippen LogP contribution < -0.4 is 4.90 Å². The van der Waals surface area contributed by atoms with E-state index in [2.05, 4.69) is 25.8 Å². The van der Waals surface area contributed by atoms with Gasteiger partial charge in [-0.1, -0.05) is 0 Å². The van der Waals surface area contributed by atoms with E-state index in [9.17, 15) is 4.79 Å². The molecule has 2 aromatic heterocycles. The van der Waals surface area contributed by atoms with Crippen LogP contribution in [0.25, 0.3) is 11.7 Å². The van der Waals surface area contributed by atoms with Crippen molar-refractivity contribution >= 4 is 39.1 Å². The molecule has 3 heterocycles. The second kappa shape index (κ2) is 7.43. The van der Waals surface area contributed by atoms with Crippen LogP contribution in [-0.4, -0.2) is 41.5 Å². The van der Waals surface area contributed by atoms with Gasteiger partial charge in [0.2, 0.25) is 0 Å². The van der Waals surface area contributed by atoms with Crippen LogP contribution in [0.4, 0.5) is 5.69 Å². The highest BCUT2D eigenvalue weighted by molar-refractivity contribution is 9.10. The summed E-state index contributed by atoms with van der Waals surface area (Å²) in [5.41, 5.74) is 3.50. The van der Waals surface area contributed by atoms with Gasteiger partial charge in [-0.3, -0.25) is 9.20 Å². The molecule has 0 spiro atoms. The van der Waals surface area contributed by atoms with Gasteiger partial charge in [-0.25, -0.2) is 4.98 Å². The fraction of sp³-hybridized carbons (Fsp3) is 0.200. The fourth-order valence-electron chi connectivity index (χ4n) is 3.01. The molecule has 0 aliphatic carbocycles. The normalized spacial score (nSPS) is 15.0. The number of rotatable bonds is 4. The minimum absolute atomic E-state index is 0.0246. The maximum absolute atomic E-state index is 12.5. The van der Waals surface area contributed by atoms with Crippen molar-refractivity contribution < 1.29 is 9.53 Å². The largest absolute Gasteiger partial charge is 0.378 e.